The lowest BCUT2D eigenvalue weighted by Gasteiger charge is -2.34. The molecule has 5 rings (SSSR count). The Labute approximate surface area is 184 Å². The first-order chi connectivity index (χ1) is 15.7. The van der Waals surface area contributed by atoms with Gasteiger partial charge in [0.2, 0.25) is 0 Å². The van der Waals surface area contributed by atoms with Crippen LogP contribution in [0.3, 0.4) is 0 Å². The summed E-state index contributed by atoms with van der Waals surface area (Å²) in [4.78, 5) is 40.6. The summed E-state index contributed by atoms with van der Waals surface area (Å²) in [6.07, 6.45) is 5.07. The van der Waals surface area contributed by atoms with Crippen LogP contribution >= 0.6 is 0 Å². The number of hydrogen-bond donors (Lipinski definition) is 1. The lowest BCUT2D eigenvalue weighted by atomic mass is 10.1. The number of nitrogens with one attached hydrogen (secondary N) is 1. The number of hydrogen-bond acceptors (Lipinski definition) is 6. The van der Waals surface area contributed by atoms with E-state index in [0.29, 0.717) is 31.7 Å². The highest BCUT2D eigenvalue weighted by Gasteiger charge is 2.22. The molecule has 1 N–H and O–H groups in total. The first-order valence-electron chi connectivity index (χ1n) is 10.6. The van der Waals surface area contributed by atoms with Crippen LogP contribution in [0.5, 0.6) is 0 Å². The van der Waals surface area contributed by atoms with Crippen LogP contribution < -0.4 is 5.56 Å². The number of imidazole rings is 1. The van der Waals surface area contributed by atoms with Gasteiger partial charge in [-0.3, -0.25) is 19.5 Å². The van der Waals surface area contributed by atoms with Crippen molar-refractivity contribution in [1.29, 1.82) is 0 Å². The van der Waals surface area contributed by atoms with Gasteiger partial charge in [-0.15, -0.1) is 0 Å². The number of aromatic amines is 1. The predicted molar refractivity (Wildman–Crippen MR) is 120 cm³/mol. The normalized spacial score (nSPS) is 14.7. The predicted octanol–water partition coefficient (Wildman–Crippen LogP) is 1.64. The number of piperazine rings is 1. The van der Waals surface area contributed by atoms with Crippen molar-refractivity contribution >= 4 is 16.9 Å². The van der Waals surface area contributed by atoms with Crippen molar-refractivity contribution in [2.75, 3.05) is 32.7 Å². The van der Waals surface area contributed by atoms with E-state index >= 15 is 0 Å². The van der Waals surface area contributed by atoms with Crippen LogP contribution in [0.25, 0.3) is 22.3 Å². The van der Waals surface area contributed by atoms with Crippen molar-refractivity contribution < 1.29 is 4.79 Å². The fourth-order valence-corrected chi connectivity index (χ4v) is 3.94. The first kappa shape index (κ1) is 20.1. The minimum Gasteiger partial charge on any atom is -0.345 e. The molecule has 1 saturated heterocycles. The molecule has 32 heavy (non-hydrogen) atoms. The van der Waals surface area contributed by atoms with E-state index in [-0.39, 0.29) is 11.5 Å². The summed E-state index contributed by atoms with van der Waals surface area (Å²) in [5, 5.41) is 4.50. The summed E-state index contributed by atoms with van der Waals surface area (Å²) in [5.41, 5.74) is 3.85. The Hall–Kier alpha value is -3.85. The SMILES string of the molecule is O=C(c1ccc2nc[nH]c2c1)N1CCN(CCn2nc(-c3cccnc3)ccc2=O)CC1. The maximum Gasteiger partial charge on any atom is 0.266 e. The Balaban J connectivity index is 1.18. The molecule has 1 aliphatic heterocycles. The number of carbonyl (C=O) groups excluding carboxylic acids is 1. The Morgan fingerprint density at radius 2 is 1.91 bits per heavy atom. The lowest BCUT2D eigenvalue weighted by molar-refractivity contribution is 0.0631. The molecule has 1 aliphatic rings. The summed E-state index contributed by atoms with van der Waals surface area (Å²) in [6, 6.07) is 12.6. The number of benzene rings is 1. The van der Waals surface area contributed by atoms with Crippen LogP contribution in [-0.2, 0) is 6.54 Å². The molecule has 9 heteroatoms. The van der Waals surface area contributed by atoms with E-state index in [0.717, 1.165) is 35.4 Å². The van der Waals surface area contributed by atoms with Gasteiger partial charge in [0.15, 0.2) is 0 Å². The Kier molecular flexibility index (Phi) is 5.47. The molecule has 162 valence electrons. The van der Waals surface area contributed by atoms with E-state index in [1.165, 1.54) is 4.68 Å². The molecule has 1 fully saturated rings. The third-order valence-corrected chi connectivity index (χ3v) is 5.78. The molecule has 9 nitrogen and oxygen atoms in total. The van der Waals surface area contributed by atoms with Gasteiger partial charge in [-0.2, -0.15) is 5.10 Å². The standard InChI is InChI=1S/C23H23N7O2/c31-22-6-5-19(18-2-1-7-24-15-18)27-30(22)13-10-28-8-11-29(12-9-28)23(32)17-3-4-20-21(14-17)26-16-25-20/h1-7,14-16H,8-13H2,(H,25,26). The molecule has 0 spiro atoms. The topological polar surface area (TPSA) is 100 Å². The molecule has 0 bridgehead atoms. The highest BCUT2D eigenvalue weighted by Crippen LogP contribution is 2.15. The maximum absolute atomic E-state index is 12.9. The van der Waals surface area contributed by atoms with E-state index in [2.05, 4.69) is 25.0 Å². The van der Waals surface area contributed by atoms with Gasteiger partial charge in [0.1, 0.15) is 0 Å². The van der Waals surface area contributed by atoms with Crippen molar-refractivity contribution in [3.8, 4) is 11.3 Å². The third-order valence-electron chi connectivity index (χ3n) is 5.78. The van der Waals surface area contributed by atoms with Gasteiger partial charge in [0.25, 0.3) is 11.5 Å². The van der Waals surface area contributed by atoms with Gasteiger partial charge < -0.3 is 9.88 Å². The smallest absolute Gasteiger partial charge is 0.266 e. The van der Waals surface area contributed by atoms with E-state index < -0.39 is 0 Å². The van der Waals surface area contributed by atoms with Gasteiger partial charge in [-0.05, 0) is 36.4 Å². The van der Waals surface area contributed by atoms with Gasteiger partial charge in [-0.25, -0.2) is 9.67 Å². The second-order valence-electron chi connectivity index (χ2n) is 7.79. The lowest BCUT2D eigenvalue weighted by Crippen LogP contribution is -2.49. The highest BCUT2D eigenvalue weighted by atomic mass is 16.2. The van der Waals surface area contributed by atoms with Crippen molar-refractivity contribution in [2.45, 2.75) is 6.54 Å². The van der Waals surface area contributed by atoms with Crippen molar-refractivity contribution in [3.63, 3.8) is 0 Å². The van der Waals surface area contributed by atoms with Crippen LogP contribution in [0.2, 0.25) is 0 Å². The maximum atomic E-state index is 12.9. The molecule has 0 unspecified atom stereocenters. The second-order valence-corrected chi connectivity index (χ2v) is 7.79. The van der Waals surface area contributed by atoms with Gasteiger partial charge in [0, 0.05) is 62.3 Å². The van der Waals surface area contributed by atoms with E-state index in [1.54, 1.807) is 30.9 Å². The second kappa shape index (κ2) is 8.72. The number of amides is 1. The molecular formula is C23H23N7O2. The van der Waals surface area contributed by atoms with E-state index in [4.69, 9.17) is 0 Å². The summed E-state index contributed by atoms with van der Waals surface area (Å²) in [7, 11) is 0. The van der Waals surface area contributed by atoms with Gasteiger partial charge >= 0.3 is 0 Å². The number of rotatable bonds is 5. The zero-order chi connectivity index (χ0) is 21.9. The molecule has 0 radical (unpaired) electrons. The zero-order valence-electron chi connectivity index (χ0n) is 17.5. The van der Waals surface area contributed by atoms with E-state index in [1.807, 2.05) is 35.2 Å². The molecule has 4 heterocycles. The molecule has 0 atom stereocenters. The Bertz CT molecular complexity index is 1290. The number of carbonyl (C=O) groups is 1. The Morgan fingerprint density at radius 3 is 2.72 bits per heavy atom. The van der Waals surface area contributed by atoms with E-state index in [9.17, 15) is 9.59 Å². The zero-order valence-corrected chi connectivity index (χ0v) is 17.5. The fraction of sp³-hybridized carbons (Fsp3) is 0.261. The average molecular weight is 429 g/mol. The fourth-order valence-electron chi connectivity index (χ4n) is 3.94. The summed E-state index contributed by atoms with van der Waals surface area (Å²) >= 11 is 0. The highest BCUT2D eigenvalue weighted by molar-refractivity contribution is 5.97. The van der Waals surface area contributed by atoms with Crippen molar-refractivity contribution in [1.82, 2.24) is 34.5 Å². The van der Waals surface area contributed by atoms with Crippen LogP contribution in [-0.4, -0.2) is 73.2 Å². The van der Waals surface area contributed by atoms with Crippen LogP contribution in [0.1, 0.15) is 10.4 Å². The van der Waals surface area contributed by atoms with Crippen LogP contribution in [0, 0.1) is 0 Å². The summed E-state index contributed by atoms with van der Waals surface area (Å²) in [5.74, 6) is 0.0307. The average Bonchev–Trinajstić information content (AvgIpc) is 3.32. The summed E-state index contributed by atoms with van der Waals surface area (Å²) < 4.78 is 1.50. The van der Waals surface area contributed by atoms with Gasteiger partial charge in [0.05, 0.1) is 29.6 Å². The molecule has 1 amide bonds. The van der Waals surface area contributed by atoms with Crippen LogP contribution in [0.15, 0.2) is 66.0 Å². The molecule has 4 aromatic rings. The largest absolute Gasteiger partial charge is 0.345 e. The number of nitrogens with zero attached hydrogens (tertiary/aromatic N) is 6. The number of H-pyrrole nitrogens is 1. The monoisotopic (exact) mass is 429 g/mol. The van der Waals surface area contributed by atoms with Crippen molar-refractivity contribution in [3.05, 3.63) is 77.1 Å². The number of fused-ring (bicyclic) bond motifs is 1. The van der Waals surface area contributed by atoms with Crippen molar-refractivity contribution in [2.24, 2.45) is 0 Å². The molecule has 1 aromatic carbocycles. The number of pyridine rings is 1. The molecular weight excluding hydrogens is 406 g/mol. The molecule has 0 saturated carbocycles. The quantitative estimate of drug-likeness (QED) is 0.518. The summed E-state index contributed by atoms with van der Waals surface area (Å²) in [6.45, 7) is 4.02. The van der Waals surface area contributed by atoms with Crippen LogP contribution in [0.4, 0.5) is 0 Å². The molecule has 0 aliphatic carbocycles. The third kappa shape index (κ3) is 4.15. The Morgan fingerprint density at radius 1 is 1.03 bits per heavy atom. The van der Waals surface area contributed by atoms with Gasteiger partial charge in [-0.1, -0.05) is 0 Å². The minimum atomic E-state index is -0.124. The first-order valence-corrected chi connectivity index (χ1v) is 10.6. The molecule has 3 aromatic heterocycles. The number of aromatic nitrogens is 5. The minimum absolute atomic E-state index is 0.0307.